The van der Waals surface area contributed by atoms with E-state index in [1.165, 1.54) is 0 Å². The van der Waals surface area contributed by atoms with E-state index in [0.29, 0.717) is 0 Å². The van der Waals surface area contributed by atoms with Gasteiger partial charge in [0.25, 0.3) is 0 Å². The molecule has 17 heavy (non-hydrogen) atoms. The van der Waals surface area contributed by atoms with Crippen LogP contribution < -0.4 is 0 Å². The largest absolute Gasteiger partial charge is 0.504 e. The Morgan fingerprint density at radius 3 is 1.59 bits per heavy atom. The molecule has 0 saturated carbocycles. The number of rotatable bonds is 10. The Labute approximate surface area is 102 Å². The van der Waals surface area contributed by atoms with Gasteiger partial charge >= 0.3 is 8.80 Å². The highest BCUT2D eigenvalue weighted by Gasteiger charge is 2.45. The molecule has 2 atom stereocenters. The topological polar surface area (TPSA) is 27.7 Å². The zero-order chi connectivity index (χ0) is 13.3. The molecule has 0 aliphatic heterocycles. The third-order valence-electron chi connectivity index (χ3n) is 2.08. The molecule has 0 aromatic carbocycles. The second-order valence-electron chi connectivity index (χ2n) is 3.37. The Hall–Kier alpha value is -0.113. The fourth-order valence-electron chi connectivity index (χ4n) is 1.42. The van der Waals surface area contributed by atoms with Crippen molar-refractivity contribution < 1.29 is 26.4 Å². The highest BCUT2D eigenvalue weighted by Crippen LogP contribution is 2.23. The van der Waals surface area contributed by atoms with Crippen molar-refractivity contribution in [3.8, 4) is 0 Å². The first-order valence-corrected chi connectivity index (χ1v) is 7.74. The third-order valence-corrected chi connectivity index (χ3v) is 5.15. The summed E-state index contributed by atoms with van der Waals surface area (Å²) in [6.45, 7) is 4.65. The van der Waals surface area contributed by atoms with E-state index < -0.39 is 27.8 Å². The standard InChI is InChI=1S/C10H21F3O3Si/c1-4-14-17(15-5-2,16-6-3)8-10(13)9(12)7-11/h9-10H,4-8H2,1-3H3. The lowest BCUT2D eigenvalue weighted by molar-refractivity contribution is 0.0540. The molecule has 0 fully saturated rings. The summed E-state index contributed by atoms with van der Waals surface area (Å²) in [6.07, 6.45) is -4.11. The molecule has 2 unspecified atom stereocenters. The Morgan fingerprint density at radius 1 is 0.882 bits per heavy atom. The lowest BCUT2D eigenvalue weighted by Gasteiger charge is -2.29. The van der Waals surface area contributed by atoms with E-state index in [1.54, 1.807) is 20.8 Å². The van der Waals surface area contributed by atoms with Crippen molar-refractivity contribution in [1.29, 1.82) is 0 Å². The molecule has 0 radical (unpaired) electrons. The maximum absolute atomic E-state index is 13.4. The smallest absolute Gasteiger partial charge is 0.374 e. The molecule has 0 aromatic rings. The molecule has 0 saturated heterocycles. The summed E-state index contributed by atoms with van der Waals surface area (Å²) in [6, 6.07) is -0.354. The van der Waals surface area contributed by atoms with Gasteiger partial charge in [0.1, 0.15) is 12.8 Å². The zero-order valence-corrected chi connectivity index (χ0v) is 11.5. The molecule has 0 N–H and O–H groups in total. The number of hydrogen-bond acceptors (Lipinski definition) is 3. The van der Waals surface area contributed by atoms with Crippen LogP contribution >= 0.6 is 0 Å². The lowest BCUT2D eigenvalue weighted by atomic mass is 10.3. The van der Waals surface area contributed by atoms with Crippen LogP contribution in [0, 0.1) is 0 Å². The summed E-state index contributed by atoms with van der Waals surface area (Å²) in [7, 11) is -3.22. The monoisotopic (exact) mass is 274 g/mol. The minimum absolute atomic E-state index is 0.283. The van der Waals surface area contributed by atoms with Crippen molar-refractivity contribution in [3.05, 3.63) is 0 Å². The molecule has 0 rings (SSSR count). The summed E-state index contributed by atoms with van der Waals surface area (Å²) in [5, 5.41) is 0. The molecule has 0 amide bonds. The summed E-state index contributed by atoms with van der Waals surface area (Å²) in [5.74, 6) is 0. The Kier molecular flexibility index (Phi) is 8.84. The average Bonchev–Trinajstić information content (AvgIpc) is 2.28. The molecule has 0 aliphatic carbocycles. The first-order valence-electron chi connectivity index (χ1n) is 5.81. The highest BCUT2D eigenvalue weighted by atomic mass is 28.4. The predicted molar refractivity (Wildman–Crippen MR) is 61.2 cm³/mol. The second kappa shape index (κ2) is 8.90. The molecule has 3 nitrogen and oxygen atoms in total. The zero-order valence-electron chi connectivity index (χ0n) is 10.5. The van der Waals surface area contributed by atoms with Crippen molar-refractivity contribution in [2.24, 2.45) is 0 Å². The minimum Gasteiger partial charge on any atom is -0.374 e. The van der Waals surface area contributed by atoms with Crippen LogP contribution in [0.5, 0.6) is 0 Å². The van der Waals surface area contributed by atoms with Gasteiger partial charge in [-0.2, -0.15) is 0 Å². The Balaban J connectivity index is 4.62. The van der Waals surface area contributed by atoms with E-state index >= 15 is 0 Å². The first kappa shape index (κ1) is 16.9. The highest BCUT2D eigenvalue weighted by molar-refractivity contribution is 6.60. The second-order valence-corrected chi connectivity index (χ2v) is 6.01. The van der Waals surface area contributed by atoms with Crippen LogP contribution in [0.15, 0.2) is 0 Å². The van der Waals surface area contributed by atoms with Crippen LogP contribution in [-0.4, -0.2) is 47.6 Å². The average molecular weight is 274 g/mol. The van der Waals surface area contributed by atoms with Gasteiger partial charge in [0.05, 0.1) is 6.04 Å². The van der Waals surface area contributed by atoms with Gasteiger partial charge in [-0.1, -0.05) is 0 Å². The quantitative estimate of drug-likeness (QED) is 0.573. The SMILES string of the molecule is CCO[Si](CC(F)C(F)CF)(OCC)OCC. The van der Waals surface area contributed by atoms with Crippen molar-refractivity contribution in [1.82, 2.24) is 0 Å². The number of alkyl halides is 3. The molecule has 0 heterocycles. The van der Waals surface area contributed by atoms with Gasteiger partial charge in [-0.25, -0.2) is 13.2 Å². The van der Waals surface area contributed by atoms with Gasteiger partial charge in [0, 0.05) is 19.8 Å². The molecular formula is C10H21F3O3Si. The molecule has 104 valence electrons. The van der Waals surface area contributed by atoms with Gasteiger partial charge in [0.2, 0.25) is 0 Å². The van der Waals surface area contributed by atoms with Crippen molar-refractivity contribution in [2.75, 3.05) is 26.5 Å². The summed E-state index contributed by atoms with van der Waals surface area (Å²) >= 11 is 0. The lowest BCUT2D eigenvalue weighted by Crippen LogP contribution is -2.49. The van der Waals surface area contributed by atoms with Gasteiger partial charge in [-0.05, 0) is 20.8 Å². The normalized spacial score (nSPS) is 15.9. The van der Waals surface area contributed by atoms with Crippen LogP contribution in [0.3, 0.4) is 0 Å². The Morgan fingerprint density at radius 2 is 1.29 bits per heavy atom. The van der Waals surface area contributed by atoms with E-state index in [4.69, 9.17) is 13.3 Å². The van der Waals surface area contributed by atoms with E-state index in [2.05, 4.69) is 0 Å². The van der Waals surface area contributed by atoms with E-state index in [9.17, 15) is 13.2 Å². The first-order chi connectivity index (χ1) is 8.05. The number of hydrogen-bond donors (Lipinski definition) is 0. The van der Waals surface area contributed by atoms with Crippen LogP contribution in [0.4, 0.5) is 13.2 Å². The molecule has 0 bridgehead atoms. The van der Waals surface area contributed by atoms with Gasteiger partial charge in [-0.3, -0.25) is 0 Å². The van der Waals surface area contributed by atoms with Crippen molar-refractivity contribution >= 4 is 8.80 Å². The maximum Gasteiger partial charge on any atom is 0.504 e. The van der Waals surface area contributed by atoms with Crippen LogP contribution in [-0.2, 0) is 13.3 Å². The van der Waals surface area contributed by atoms with E-state index in [0.717, 1.165) is 0 Å². The minimum atomic E-state index is -3.22. The third kappa shape index (κ3) is 5.85. The van der Waals surface area contributed by atoms with Gasteiger partial charge in [-0.15, -0.1) is 0 Å². The van der Waals surface area contributed by atoms with E-state index in [-0.39, 0.29) is 25.9 Å². The molecule has 0 aromatic heterocycles. The Bertz CT molecular complexity index is 181. The van der Waals surface area contributed by atoms with Crippen LogP contribution in [0.1, 0.15) is 20.8 Å². The molecule has 0 aliphatic rings. The maximum atomic E-state index is 13.4. The van der Waals surface area contributed by atoms with Crippen LogP contribution in [0.2, 0.25) is 6.04 Å². The fourth-order valence-corrected chi connectivity index (χ4v) is 4.08. The summed E-state index contributed by atoms with van der Waals surface area (Å²) < 4.78 is 54.4. The molecule has 0 spiro atoms. The summed E-state index contributed by atoms with van der Waals surface area (Å²) in [5.41, 5.74) is 0. The van der Waals surface area contributed by atoms with Gasteiger partial charge < -0.3 is 13.3 Å². The van der Waals surface area contributed by atoms with Crippen LogP contribution in [0.25, 0.3) is 0 Å². The molecular weight excluding hydrogens is 253 g/mol. The predicted octanol–water partition coefficient (Wildman–Crippen LogP) is 2.68. The molecule has 7 heteroatoms. The summed E-state index contributed by atoms with van der Waals surface area (Å²) in [4.78, 5) is 0. The van der Waals surface area contributed by atoms with E-state index in [1.807, 2.05) is 0 Å². The van der Waals surface area contributed by atoms with Gasteiger partial charge in [0.15, 0.2) is 6.17 Å². The van der Waals surface area contributed by atoms with Crippen molar-refractivity contribution in [2.45, 2.75) is 39.2 Å². The van der Waals surface area contributed by atoms with Crippen molar-refractivity contribution in [3.63, 3.8) is 0 Å². The number of halogens is 3. The fraction of sp³-hybridized carbons (Fsp3) is 1.00.